The fourth-order valence-corrected chi connectivity index (χ4v) is 3.95. The smallest absolute Gasteiger partial charge is 0.199 e. The van der Waals surface area contributed by atoms with E-state index in [1.807, 2.05) is 50.3 Å². The number of ketones is 1. The molecule has 0 atom stereocenters. The van der Waals surface area contributed by atoms with Crippen LogP contribution in [0.3, 0.4) is 0 Å². The molecule has 0 unspecified atom stereocenters. The van der Waals surface area contributed by atoms with E-state index in [1.165, 1.54) is 12.5 Å². The number of para-hydroxylation sites is 1. The monoisotopic (exact) mass is 411 g/mol. The maximum absolute atomic E-state index is 13.3. The number of hydrogen-bond acceptors (Lipinski definition) is 4. The van der Waals surface area contributed by atoms with Gasteiger partial charge in [-0.25, -0.2) is 4.99 Å². The molecule has 5 rings (SSSR count). The largest absolute Gasteiger partial charge is 0.494 e. The molecule has 0 aliphatic carbocycles. The minimum absolute atomic E-state index is 0.121. The number of aryl methyl sites for hydroxylation is 2. The van der Waals surface area contributed by atoms with Crippen LogP contribution in [0, 0.1) is 13.8 Å². The molecule has 4 heterocycles. The summed E-state index contributed by atoms with van der Waals surface area (Å²) in [5, 5.41) is 0.840. The Morgan fingerprint density at radius 3 is 2.71 bits per heavy atom. The Bertz CT molecular complexity index is 1400. The minimum atomic E-state index is -0.121. The van der Waals surface area contributed by atoms with Crippen molar-refractivity contribution >= 4 is 28.5 Å². The Labute approximate surface area is 179 Å². The molecular formula is C25H21N3O3. The summed E-state index contributed by atoms with van der Waals surface area (Å²) in [6.45, 7) is 4.06. The molecule has 0 fully saturated rings. The number of benzene rings is 1. The molecule has 154 valence electrons. The van der Waals surface area contributed by atoms with Gasteiger partial charge < -0.3 is 19.1 Å². The first kappa shape index (κ1) is 18.9. The number of rotatable bonds is 5. The molecule has 6 heteroatoms. The third-order valence-corrected chi connectivity index (χ3v) is 5.42. The van der Waals surface area contributed by atoms with Gasteiger partial charge in [0.1, 0.15) is 17.7 Å². The zero-order chi connectivity index (χ0) is 21.5. The summed E-state index contributed by atoms with van der Waals surface area (Å²) in [6.07, 6.45) is 6.78. The number of aliphatic imine (C=N–C) groups is 1. The van der Waals surface area contributed by atoms with E-state index in [0.29, 0.717) is 34.0 Å². The molecular weight excluding hydrogens is 390 g/mol. The molecule has 1 aliphatic heterocycles. The molecule has 0 spiro atoms. The first-order valence-electron chi connectivity index (χ1n) is 9.96. The first-order chi connectivity index (χ1) is 15.0. The number of nitrogens with zero attached hydrogens (tertiary/aromatic N) is 1. The second-order valence-electron chi connectivity index (χ2n) is 7.55. The van der Waals surface area contributed by atoms with E-state index in [0.717, 1.165) is 27.9 Å². The lowest BCUT2D eigenvalue weighted by Gasteiger charge is -2.01. The van der Waals surface area contributed by atoms with E-state index in [4.69, 9.17) is 14.1 Å². The third-order valence-electron chi connectivity index (χ3n) is 5.42. The SMILES string of the molecule is COC1=CC(c2[nH]c3ccccc3c2C(=O)c2ccoc2)=N/C1=C\c1[nH]c(C)cc1C. The highest BCUT2D eigenvalue weighted by Gasteiger charge is 2.26. The van der Waals surface area contributed by atoms with Crippen LogP contribution in [-0.4, -0.2) is 28.6 Å². The normalized spacial score (nSPS) is 14.9. The summed E-state index contributed by atoms with van der Waals surface area (Å²) in [5.74, 6) is 0.520. The maximum atomic E-state index is 13.3. The van der Waals surface area contributed by atoms with Crippen LogP contribution in [0.25, 0.3) is 17.0 Å². The van der Waals surface area contributed by atoms with Crippen molar-refractivity contribution in [1.82, 2.24) is 9.97 Å². The molecule has 6 nitrogen and oxygen atoms in total. The van der Waals surface area contributed by atoms with E-state index in [2.05, 4.69) is 16.0 Å². The maximum Gasteiger partial charge on any atom is 0.199 e. The number of H-pyrrole nitrogens is 2. The van der Waals surface area contributed by atoms with Gasteiger partial charge in [-0.1, -0.05) is 18.2 Å². The number of fused-ring (bicyclic) bond motifs is 1. The summed E-state index contributed by atoms with van der Waals surface area (Å²) in [6, 6.07) is 11.5. The van der Waals surface area contributed by atoms with E-state index in [-0.39, 0.29) is 5.78 Å². The van der Waals surface area contributed by atoms with Gasteiger partial charge in [0.15, 0.2) is 5.78 Å². The first-order valence-corrected chi connectivity index (χ1v) is 9.96. The molecule has 0 amide bonds. The summed E-state index contributed by atoms with van der Waals surface area (Å²) < 4.78 is 10.7. The number of hydrogen-bond donors (Lipinski definition) is 2. The molecule has 0 saturated heterocycles. The van der Waals surface area contributed by atoms with E-state index < -0.39 is 0 Å². The quantitative estimate of drug-likeness (QED) is 0.437. The summed E-state index contributed by atoms with van der Waals surface area (Å²) in [7, 11) is 1.62. The Balaban J connectivity index is 1.67. The zero-order valence-corrected chi connectivity index (χ0v) is 17.4. The Morgan fingerprint density at radius 2 is 2.00 bits per heavy atom. The highest BCUT2D eigenvalue weighted by Crippen LogP contribution is 2.31. The van der Waals surface area contributed by atoms with Gasteiger partial charge in [0.05, 0.1) is 35.9 Å². The van der Waals surface area contributed by atoms with Gasteiger partial charge in [-0.15, -0.1) is 0 Å². The highest BCUT2D eigenvalue weighted by molar-refractivity contribution is 6.25. The molecule has 0 radical (unpaired) electrons. The molecule has 3 aromatic heterocycles. The zero-order valence-electron chi connectivity index (χ0n) is 17.4. The number of furan rings is 1. The fraction of sp³-hybridized carbons (Fsp3) is 0.120. The molecule has 1 aliphatic rings. The van der Waals surface area contributed by atoms with Crippen LogP contribution >= 0.6 is 0 Å². The van der Waals surface area contributed by atoms with Crippen molar-refractivity contribution in [3.8, 4) is 0 Å². The lowest BCUT2D eigenvalue weighted by atomic mass is 10.0. The summed E-state index contributed by atoms with van der Waals surface area (Å²) in [5.41, 5.74) is 7.12. The molecule has 4 aromatic rings. The molecule has 0 saturated carbocycles. The van der Waals surface area contributed by atoms with Crippen molar-refractivity contribution in [1.29, 1.82) is 0 Å². The second-order valence-corrected chi connectivity index (χ2v) is 7.55. The Morgan fingerprint density at radius 1 is 1.16 bits per heavy atom. The van der Waals surface area contributed by atoms with Crippen molar-refractivity contribution in [3.63, 3.8) is 0 Å². The molecule has 0 bridgehead atoms. The van der Waals surface area contributed by atoms with E-state index in [9.17, 15) is 4.79 Å². The topological polar surface area (TPSA) is 83.4 Å². The second kappa shape index (κ2) is 7.32. The number of aromatic amines is 2. The number of methoxy groups -OCH3 is 1. The van der Waals surface area contributed by atoms with Crippen molar-refractivity contribution in [2.24, 2.45) is 4.99 Å². The van der Waals surface area contributed by atoms with Crippen LogP contribution in [0.5, 0.6) is 0 Å². The highest BCUT2D eigenvalue weighted by atomic mass is 16.5. The molecule has 2 N–H and O–H groups in total. The molecule has 31 heavy (non-hydrogen) atoms. The van der Waals surface area contributed by atoms with E-state index >= 15 is 0 Å². The van der Waals surface area contributed by atoms with Gasteiger partial charge in [-0.05, 0) is 43.7 Å². The lowest BCUT2D eigenvalue weighted by Crippen LogP contribution is -2.07. The lowest BCUT2D eigenvalue weighted by molar-refractivity contribution is 0.103. The van der Waals surface area contributed by atoms with Crippen molar-refractivity contribution in [2.45, 2.75) is 13.8 Å². The Kier molecular flexibility index (Phi) is 4.47. The van der Waals surface area contributed by atoms with Crippen LogP contribution in [0.1, 0.15) is 38.6 Å². The third kappa shape index (κ3) is 3.22. The van der Waals surface area contributed by atoms with Crippen LogP contribution in [0.2, 0.25) is 0 Å². The number of aromatic nitrogens is 2. The van der Waals surface area contributed by atoms with Crippen LogP contribution in [-0.2, 0) is 4.74 Å². The average molecular weight is 411 g/mol. The summed E-state index contributed by atoms with van der Waals surface area (Å²) in [4.78, 5) is 24.8. The van der Waals surface area contributed by atoms with Gasteiger partial charge in [0, 0.05) is 28.4 Å². The van der Waals surface area contributed by atoms with Crippen molar-refractivity contribution in [2.75, 3.05) is 7.11 Å². The predicted molar refractivity (Wildman–Crippen MR) is 120 cm³/mol. The van der Waals surface area contributed by atoms with Crippen molar-refractivity contribution in [3.05, 3.63) is 100 Å². The molecule has 1 aromatic carbocycles. The number of carbonyl (C=O) groups excluding carboxylic acids is 1. The van der Waals surface area contributed by atoms with Gasteiger partial charge >= 0.3 is 0 Å². The van der Waals surface area contributed by atoms with Crippen LogP contribution in [0.15, 0.2) is 75.9 Å². The predicted octanol–water partition coefficient (Wildman–Crippen LogP) is 5.31. The number of carbonyl (C=O) groups is 1. The van der Waals surface area contributed by atoms with Crippen molar-refractivity contribution < 1.29 is 13.9 Å². The van der Waals surface area contributed by atoms with Crippen LogP contribution < -0.4 is 0 Å². The Hall–Kier alpha value is -4.06. The number of allylic oxidation sites excluding steroid dienone is 1. The van der Waals surface area contributed by atoms with Gasteiger partial charge in [0.2, 0.25) is 0 Å². The average Bonchev–Trinajstić information content (AvgIpc) is 3.53. The number of nitrogens with one attached hydrogen (secondary N) is 2. The fourth-order valence-electron chi connectivity index (χ4n) is 3.95. The van der Waals surface area contributed by atoms with Gasteiger partial charge in [-0.2, -0.15) is 0 Å². The van der Waals surface area contributed by atoms with Gasteiger partial charge in [0.25, 0.3) is 0 Å². The standard InChI is InChI=1S/C25H21N3O3/c1-14-10-15(2)26-19(14)11-20-22(30-3)12-21(27-20)24-23(25(29)16-8-9-31-13-16)17-6-4-5-7-18(17)28-24/h4-13,26,28H,1-3H3/b20-11-. The number of ether oxygens (including phenoxy) is 1. The van der Waals surface area contributed by atoms with Gasteiger partial charge in [-0.3, -0.25) is 4.79 Å². The van der Waals surface area contributed by atoms with Crippen LogP contribution in [0.4, 0.5) is 0 Å². The minimum Gasteiger partial charge on any atom is -0.494 e. The van der Waals surface area contributed by atoms with E-state index in [1.54, 1.807) is 13.2 Å². The summed E-state index contributed by atoms with van der Waals surface area (Å²) >= 11 is 0.